The number of aryl methyl sites for hydroxylation is 2. The molecule has 6 nitrogen and oxygen atoms in total. The molecule has 0 radical (unpaired) electrons. The van der Waals surface area contributed by atoms with Crippen molar-refractivity contribution >= 4 is 5.91 Å². The molecule has 2 aromatic rings. The highest BCUT2D eigenvalue weighted by molar-refractivity contribution is 5.93. The lowest BCUT2D eigenvalue weighted by Crippen LogP contribution is -2.36. The third kappa shape index (κ3) is 3.05. The Labute approximate surface area is 129 Å². The summed E-state index contributed by atoms with van der Waals surface area (Å²) in [5, 5.41) is 7.29. The van der Waals surface area contributed by atoms with Gasteiger partial charge in [-0.05, 0) is 39.7 Å². The van der Waals surface area contributed by atoms with Crippen LogP contribution in [0, 0.1) is 13.8 Å². The smallest absolute Gasteiger partial charge is 0.273 e. The molecule has 0 spiro atoms. The van der Waals surface area contributed by atoms with Crippen molar-refractivity contribution in [3.63, 3.8) is 0 Å². The second-order valence-corrected chi connectivity index (χ2v) is 6.14. The first-order valence-electron chi connectivity index (χ1n) is 7.81. The molecule has 6 heteroatoms. The number of amides is 1. The molecule has 0 bridgehead atoms. The third-order valence-electron chi connectivity index (χ3n) is 4.10. The number of hydrogen-bond acceptors (Lipinski definition) is 4. The normalized spacial score (nSPS) is 16.3. The van der Waals surface area contributed by atoms with Crippen LogP contribution in [-0.2, 0) is 6.54 Å². The van der Waals surface area contributed by atoms with Crippen molar-refractivity contribution < 1.29 is 9.21 Å². The number of hydrogen-bond donors (Lipinski definition) is 1. The molecule has 1 saturated carbocycles. The van der Waals surface area contributed by atoms with Crippen LogP contribution in [0.4, 0.5) is 0 Å². The Morgan fingerprint density at radius 3 is 2.86 bits per heavy atom. The van der Waals surface area contributed by atoms with Gasteiger partial charge in [-0.1, -0.05) is 6.42 Å². The van der Waals surface area contributed by atoms with Crippen LogP contribution in [-0.4, -0.2) is 26.7 Å². The molecule has 118 valence electrons. The Hall–Kier alpha value is -2.11. The van der Waals surface area contributed by atoms with E-state index in [4.69, 9.17) is 4.42 Å². The van der Waals surface area contributed by atoms with Crippen LogP contribution in [0.1, 0.15) is 59.9 Å². The van der Waals surface area contributed by atoms with Crippen molar-refractivity contribution in [2.75, 3.05) is 0 Å². The molecular weight excluding hydrogens is 280 g/mol. The summed E-state index contributed by atoms with van der Waals surface area (Å²) in [6.07, 6.45) is 5.34. The largest absolute Gasteiger partial charge is 0.445 e. The molecule has 2 heterocycles. The summed E-state index contributed by atoms with van der Waals surface area (Å²) < 4.78 is 7.48. The van der Waals surface area contributed by atoms with Crippen molar-refractivity contribution in [1.82, 2.24) is 20.1 Å². The maximum Gasteiger partial charge on any atom is 0.273 e. The molecule has 0 aromatic carbocycles. The number of oxazole rings is 1. The number of carbonyl (C=O) groups excluding carboxylic acids is 1. The van der Waals surface area contributed by atoms with E-state index < -0.39 is 0 Å². The highest BCUT2D eigenvalue weighted by Crippen LogP contribution is 2.36. The fourth-order valence-electron chi connectivity index (χ4n) is 2.64. The van der Waals surface area contributed by atoms with E-state index in [1.165, 1.54) is 6.42 Å². The maximum absolute atomic E-state index is 12.4. The van der Waals surface area contributed by atoms with Gasteiger partial charge in [-0.25, -0.2) is 4.98 Å². The van der Waals surface area contributed by atoms with Crippen LogP contribution in [0.3, 0.4) is 0 Å². The maximum atomic E-state index is 12.4. The van der Waals surface area contributed by atoms with E-state index in [0.717, 1.165) is 18.5 Å². The van der Waals surface area contributed by atoms with Gasteiger partial charge in [-0.2, -0.15) is 5.10 Å². The first-order chi connectivity index (χ1) is 10.5. The molecule has 1 N–H and O–H groups in total. The highest BCUT2D eigenvalue weighted by Gasteiger charge is 2.27. The van der Waals surface area contributed by atoms with Gasteiger partial charge in [0, 0.05) is 18.2 Å². The van der Waals surface area contributed by atoms with Gasteiger partial charge in [0.1, 0.15) is 5.76 Å². The van der Waals surface area contributed by atoms with E-state index in [-0.39, 0.29) is 11.9 Å². The van der Waals surface area contributed by atoms with Gasteiger partial charge >= 0.3 is 0 Å². The third-order valence-corrected chi connectivity index (χ3v) is 4.10. The number of nitrogens with zero attached hydrogens (tertiary/aromatic N) is 3. The van der Waals surface area contributed by atoms with Gasteiger partial charge in [0.2, 0.25) is 0 Å². The number of nitrogens with one attached hydrogen (secondary N) is 1. The van der Waals surface area contributed by atoms with E-state index in [1.807, 2.05) is 30.8 Å². The molecule has 1 amide bonds. The Morgan fingerprint density at radius 2 is 2.27 bits per heavy atom. The summed E-state index contributed by atoms with van der Waals surface area (Å²) in [4.78, 5) is 16.7. The van der Waals surface area contributed by atoms with Crippen LogP contribution in [0.25, 0.3) is 0 Å². The molecule has 3 rings (SSSR count). The van der Waals surface area contributed by atoms with Crippen LogP contribution in [0.15, 0.2) is 16.7 Å². The van der Waals surface area contributed by atoms with E-state index >= 15 is 0 Å². The average Bonchev–Trinajstić information content (AvgIpc) is 2.93. The topological polar surface area (TPSA) is 73.0 Å². The fraction of sp³-hybridized carbons (Fsp3) is 0.562. The molecule has 1 aliphatic carbocycles. The molecule has 1 unspecified atom stereocenters. The summed E-state index contributed by atoms with van der Waals surface area (Å²) >= 11 is 0. The van der Waals surface area contributed by atoms with Crippen LogP contribution < -0.4 is 5.32 Å². The van der Waals surface area contributed by atoms with Gasteiger partial charge in [-0.3, -0.25) is 9.48 Å². The SMILES string of the molecule is Cc1ccn(CC(C)NC(=O)c2nc(C3CCC3)oc2C)n1. The van der Waals surface area contributed by atoms with E-state index in [2.05, 4.69) is 15.4 Å². The number of aromatic nitrogens is 3. The summed E-state index contributed by atoms with van der Waals surface area (Å²) in [5.41, 5.74) is 1.38. The quantitative estimate of drug-likeness (QED) is 0.921. The molecule has 1 atom stereocenters. The second-order valence-electron chi connectivity index (χ2n) is 6.14. The van der Waals surface area contributed by atoms with E-state index in [0.29, 0.717) is 29.8 Å². The molecule has 0 saturated heterocycles. The predicted molar refractivity (Wildman–Crippen MR) is 81.7 cm³/mol. The Balaban J connectivity index is 1.62. The van der Waals surface area contributed by atoms with Crippen LogP contribution >= 0.6 is 0 Å². The minimum atomic E-state index is -0.178. The lowest BCUT2D eigenvalue weighted by Gasteiger charge is -2.21. The van der Waals surface area contributed by atoms with E-state index in [9.17, 15) is 4.79 Å². The average molecular weight is 302 g/mol. The molecule has 1 aliphatic rings. The Bertz CT molecular complexity index is 669. The minimum Gasteiger partial charge on any atom is -0.445 e. The Morgan fingerprint density at radius 1 is 1.50 bits per heavy atom. The van der Waals surface area contributed by atoms with Gasteiger partial charge in [0.05, 0.1) is 12.2 Å². The van der Waals surface area contributed by atoms with Crippen molar-refractivity contribution in [2.45, 2.75) is 58.5 Å². The lowest BCUT2D eigenvalue weighted by molar-refractivity contribution is 0.0930. The van der Waals surface area contributed by atoms with Gasteiger partial charge < -0.3 is 9.73 Å². The van der Waals surface area contributed by atoms with Crippen LogP contribution in [0.2, 0.25) is 0 Å². The lowest BCUT2D eigenvalue weighted by atomic mass is 9.85. The summed E-state index contributed by atoms with van der Waals surface area (Å²) in [5.74, 6) is 1.53. The van der Waals surface area contributed by atoms with Gasteiger partial charge in [0.15, 0.2) is 11.6 Å². The summed E-state index contributed by atoms with van der Waals surface area (Å²) in [6.45, 7) is 6.33. The zero-order valence-electron chi connectivity index (χ0n) is 13.3. The van der Waals surface area contributed by atoms with Crippen molar-refractivity contribution in [3.8, 4) is 0 Å². The molecule has 0 aliphatic heterocycles. The fourth-order valence-corrected chi connectivity index (χ4v) is 2.64. The van der Waals surface area contributed by atoms with Gasteiger partial charge in [0.25, 0.3) is 5.91 Å². The number of rotatable bonds is 5. The molecule has 22 heavy (non-hydrogen) atoms. The molecule has 2 aromatic heterocycles. The number of carbonyl (C=O) groups is 1. The van der Waals surface area contributed by atoms with Gasteiger partial charge in [-0.15, -0.1) is 0 Å². The first-order valence-corrected chi connectivity index (χ1v) is 7.81. The first kappa shape index (κ1) is 14.8. The Kier molecular flexibility index (Phi) is 4.00. The standard InChI is InChI=1S/C16H22N4O2/c1-10-7-8-20(19-10)9-11(2)17-15(21)14-12(3)22-16(18-14)13-5-4-6-13/h7-8,11,13H,4-6,9H2,1-3H3,(H,17,21). The second kappa shape index (κ2) is 5.94. The zero-order valence-corrected chi connectivity index (χ0v) is 13.3. The molecular formula is C16H22N4O2. The van der Waals surface area contributed by atoms with Crippen molar-refractivity contribution in [2.24, 2.45) is 0 Å². The summed E-state index contributed by atoms with van der Waals surface area (Å²) in [7, 11) is 0. The minimum absolute atomic E-state index is 0.0324. The predicted octanol–water partition coefficient (Wildman–Crippen LogP) is 2.57. The van der Waals surface area contributed by atoms with Crippen molar-refractivity contribution in [3.05, 3.63) is 35.3 Å². The zero-order chi connectivity index (χ0) is 15.7. The molecule has 1 fully saturated rings. The highest BCUT2D eigenvalue weighted by atomic mass is 16.4. The van der Waals surface area contributed by atoms with Crippen LogP contribution in [0.5, 0.6) is 0 Å². The van der Waals surface area contributed by atoms with Crippen molar-refractivity contribution in [1.29, 1.82) is 0 Å². The summed E-state index contributed by atoms with van der Waals surface area (Å²) in [6, 6.07) is 1.91. The monoisotopic (exact) mass is 302 g/mol. The van der Waals surface area contributed by atoms with E-state index in [1.54, 1.807) is 6.92 Å².